The first kappa shape index (κ1) is 11.8. The van der Waals surface area contributed by atoms with Crippen LogP contribution in [0.25, 0.3) is 22.4 Å². The summed E-state index contributed by atoms with van der Waals surface area (Å²) in [6.45, 7) is 0.822. The first-order valence-electron chi connectivity index (χ1n) is 6.30. The monoisotopic (exact) mass is 292 g/mol. The zero-order chi connectivity index (χ0) is 13.7. The van der Waals surface area contributed by atoms with Crippen molar-refractivity contribution in [2.45, 2.75) is 19.4 Å². The summed E-state index contributed by atoms with van der Waals surface area (Å²) in [4.78, 5) is 4.30. The Morgan fingerprint density at radius 2 is 2.30 bits per heavy atom. The Balaban J connectivity index is 2.01. The van der Waals surface area contributed by atoms with E-state index in [1.165, 1.54) is 18.9 Å². The van der Waals surface area contributed by atoms with Gasteiger partial charge in [-0.1, -0.05) is 11.6 Å². The summed E-state index contributed by atoms with van der Waals surface area (Å²) in [5, 5.41) is 13.6. The highest BCUT2D eigenvalue weighted by Gasteiger charge is 2.25. The van der Waals surface area contributed by atoms with Crippen LogP contribution >= 0.6 is 11.6 Å². The normalized spacial score (nSPS) is 15.1. The molecule has 3 aromatic rings. The van der Waals surface area contributed by atoms with E-state index < -0.39 is 5.82 Å². The molecule has 2 aromatic heterocycles. The molecule has 1 aromatic carbocycles. The van der Waals surface area contributed by atoms with E-state index in [9.17, 15) is 4.39 Å². The minimum Gasteiger partial charge on any atom is -0.330 e. The summed E-state index contributed by atoms with van der Waals surface area (Å²) in [7, 11) is 0. The number of H-pyrrole nitrogens is 1. The van der Waals surface area contributed by atoms with Crippen LogP contribution in [0.15, 0.2) is 12.4 Å². The Morgan fingerprint density at radius 3 is 3.00 bits per heavy atom. The number of fused-ring (bicyclic) bond motifs is 1. The van der Waals surface area contributed by atoms with Crippen molar-refractivity contribution in [2.75, 3.05) is 0 Å². The van der Waals surface area contributed by atoms with Crippen LogP contribution in [-0.2, 0) is 6.54 Å². The van der Waals surface area contributed by atoms with Gasteiger partial charge in [-0.2, -0.15) is 5.21 Å². The smallest absolute Gasteiger partial charge is 0.209 e. The Bertz CT molecular complexity index is 777. The van der Waals surface area contributed by atoms with Gasteiger partial charge in [0, 0.05) is 6.54 Å². The molecular weight excluding hydrogens is 283 g/mol. The molecule has 0 aliphatic heterocycles. The van der Waals surface area contributed by atoms with Gasteiger partial charge in [-0.3, -0.25) is 0 Å². The lowest BCUT2D eigenvalue weighted by Crippen LogP contribution is -2.01. The van der Waals surface area contributed by atoms with Crippen molar-refractivity contribution in [3.8, 4) is 11.4 Å². The van der Waals surface area contributed by atoms with Gasteiger partial charge in [0.05, 0.1) is 27.9 Å². The van der Waals surface area contributed by atoms with Gasteiger partial charge in [0.25, 0.3) is 0 Å². The molecule has 6 nitrogen and oxygen atoms in total. The molecule has 20 heavy (non-hydrogen) atoms. The van der Waals surface area contributed by atoms with Gasteiger partial charge in [0.1, 0.15) is 0 Å². The van der Waals surface area contributed by atoms with Crippen LogP contribution in [0.2, 0.25) is 5.02 Å². The minimum absolute atomic E-state index is 0.00831. The standard InChI is InChI=1S/C12H10ClFN6/c13-7-3-8-11(20(5-15-8)4-6-1-2-6)9(10(7)14)12-16-18-19-17-12/h3,5-6H,1-2,4H2,(H,16,17,18,19). The number of nitrogens with one attached hydrogen (secondary N) is 1. The molecule has 102 valence electrons. The third-order valence-corrected chi connectivity index (χ3v) is 3.79. The quantitative estimate of drug-likeness (QED) is 0.804. The summed E-state index contributed by atoms with van der Waals surface area (Å²) >= 11 is 5.93. The van der Waals surface area contributed by atoms with Crippen LogP contribution in [0.4, 0.5) is 4.39 Å². The molecule has 0 saturated heterocycles. The molecule has 0 unspecified atom stereocenters. The van der Waals surface area contributed by atoms with Gasteiger partial charge < -0.3 is 4.57 Å². The predicted octanol–water partition coefficient (Wildman–Crippen LogP) is 2.42. The number of nitrogens with zero attached hydrogens (tertiary/aromatic N) is 5. The summed E-state index contributed by atoms with van der Waals surface area (Å²) in [6, 6.07) is 1.53. The SMILES string of the molecule is Fc1c(Cl)cc2ncn(CC3CC3)c2c1-c1nn[nH]n1. The minimum atomic E-state index is -0.543. The van der Waals surface area contributed by atoms with Gasteiger partial charge in [-0.25, -0.2) is 9.37 Å². The highest BCUT2D eigenvalue weighted by molar-refractivity contribution is 6.32. The molecule has 0 amide bonds. The fourth-order valence-corrected chi connectivity index (χ4v) is 2.57. The summed E-state index contributed by atoms with van der Waals surface area (Å²) < 4.78 is 16.4. The lowest BCUT2D eigenvalue weighted by molar-refractivity contribution is 0.623. The predicted molar refractivity (Wildman–Crippen MR) is 70.6 cm³/mol. The van der Waals surface area contributed by atoms with Crippen molar-refractivity contribution >= 4 is 22.6 Å². The van der Waals surface area contributed by atoms with Crippen LogP contribution < -0.4 is 0 Å². The lowest BCUT2D eigenvalue weighted by atomic mass is 10.1. The van der Waals surface area contributed by atoms with E-state index >= 15 is 0 Å². The number of hydrogen-bond acceptors (Lipinski definition) is 4. The van der Waals surface area contributed by atoms with Crippen molar-refractivity contribution in [1.82, 2.24) is 30.2 Å². The number of aromatic nitrogens is 6. The van der Waals surface area contributed by atoms with Gasteiger partial charge in [-0.05, 0) is 30.0 Å². The highest BCUT2D eigenvalue weighted by Crippen LogP contribution is 2.36. The highest BCUT2D eigenvalue weighted by atomic mass is 35.5. The molecule has 0 radical (unpaired) electrons. The van der Waals surface area contributed by atoms with Gasteiger partial charge in [-0.15, -0.1) is 10.2 Å². The van der Waals surface area contributed by atoms with Gasteiger partial charge in [0.15, 0.2) is 5.82 Å². The molecule has 0 bridgehead atoms. The topological polar surface area (TPSA) is 72.3 Å². The van der Waals surface area contributed by atoms with E-state index in [2.05, 4.69) is 25.6 Å². The second-order valence-corrected chi connectivity index (χ2v) is 5.40. The summed E-state index contributed by atoms with van der Waals surface area (Å²) in [5.74, 6) is 0.287. The first-order valence-corrected chi connectivity index (χ1v) is 6.68. The van der Waals surface area contributed by atoms with E-state index in [-0.39, 0.29) is 16.4 Å². The molecule has 1 aliphatic rings. The van der Waals surface area contributed by atoms with Crippen molar-refractivity contribution in [3.63, 3.8) is 0 Å². The van der Waals surface area contributed by atoms with Crippen LogP contribution in [0.5, 0.6) is 0 Å². The van der Waals surface area contributed by atoms with Crippen LogP contribution in [0, 0.1) is 11.7 Å². The van der Waals surface area contributed by atoms with E-state index in [1.54, 1.807) is 6.33 Å². The van der Waals surface area contributed by atoms with Crippen molar-refractivity contribution in [3.05, 3.63) is 23.2 Å². The molecule has 0 spiro atoms. The number of halogens is 2. The molecule has 1 aliphatic carbocycles. The number of tetrazole rings is 1. The molecule has 1 saturated carbocycles. The molecule has 2 heterocycles. The zero-order valence-corrected chi connectivity index (χ0v) is 11.1. The summed E-state index contributed by atoms with van der Waals surface area (Å²) in [5.41, 5.74) is 1.55. The van der Waals surface area contributed by atoms with Crippen LogP contribution in [0.1, 0.15) is 12.8 Å². The Hall–Kier alpha value is -2.02. The fraction of sp³-hybridized carbons (Fsp3) is 0.333. The zero-order valence-electron chi connectivity index (χ0n) is 10.3. The van der Waals surface area contributed by atoms with E-state index in [0.717, 1.165) is 6.54 Å². The maximum atomic E-state index is 14.4. The molecule has 1 fully saturated rings. The maximum Gasteiger partial charge on any atom is 0.209 e. The number of imidazole rings is 1. The number of hydrogen-bond donors (Lipinski definition) is 1. The number of aromatic amines is 1. The molecule has 8 heteroatoms. The lowest BCUT2D eigenvalue weighted by Gasteiger charge is -2.07. The Morgan fingerprint density at radius 1 is 1.45 bits per heavy atom. The Kier molecular flexibility index (Phi) is 2.50. The van der Waals surface area contributed by atoms with Crippen LogP contribution in [0.3, 0.4) is 0 Å². The average molecular weight is 293 g/mol. The van der Waals surface area contributed by atoms with E-state index in [4.69, 9.17) is 11.6 Å². The second kappa shape index (κ2) is 4.24. The molecule has 1 N–H and O–H groups in total. The van der Waals surface area contributed by atoms with E-state index in [0.29, 0.717) is 17.0 Å². The third-order valence-electron chi connectivity index (χ3n) is 3.52. The van der Waals surface area contributed by atoms with Crippen molar-refractivity contribution in [2.24, 2.45) is 5.92 Å². The average Bonchev–Trinajstić information content (AvgIpc) is 2.93. The number of benzene rings is 1. The maximum absolute atomic E-state index is 14.4. The van der Waals surface area contributed by atoms with E-state index in [1.807, 2.05) is 4.57 Å². The molecular formula is C12H10ClFN6. The van der Waals surface area contributed by atoms with Gasteiger partial charge >= 0.3 is 0 Å². The third kappa shape index (κ3) is 1.77. The number of rotatable bonds is 3. The molecule has 4 rings (SSSR count). The van der Waals surface area contributed by atoms with Crippen molar-refractivity contribution < 1.29 is 4.39 Å². The van der Waals surface area contributed by atoms with Gasteiger partial charge in [0.2, 0.25) is 5.82 Å². The summed E-state index contributed by atoms with van der Waals surface area (Å²) in [6.07, 6.45) is 4.11. The fourth-order valence-electron chi connectivity index (χ4n) is 2.37. The molecule has 0 atom stereocenters. The first-order chi connectivity index (χ1) is 9.74. The second-order valence-electron chi connectivity index (χ2n) is 4.99. The van der Waals surface area contributed by atoms with Crippen LogP contribution in [-0.4, -0.2) is 30.2 Å². The Labute approximate surface area is 118 Å². The largest absolute Gasteiger partial charge is 0.330 e. The van der Waals surface area contributed by atoms with Crippen molar-refractivity contribution in [1.29, 1.82) is 0 Å².